The van der Waals surface area contributed by atoms with E-state index in [-0.39, 0.29) is 27.6 Å². The predicted molar refractivity (Wildman–Crippen MR) is 106 cm³/mol. The summed E-state index contributed by atoms with van der Waals surface area (Å²) in [6, 6.07) is 12.0. The number of halogens is 4. The monoisotopic (exact) mass is 419 g/mol. The fraction of sp³-hybridized carbons (Fsp3) is 0.235. The Bertz CT molecular complexity index is 799. The van der Waals surface area contributed by atoms with Crippen molar-refractivity contribution in [1.82, 2.24) is 0 Å². The number of nitrogens with one attached hydrogen (secondary N) is 1. The van der Waals surface area contributed by atoms with Gasteiger partial charge in [0.1, 0.15) is 0 Å². The normalized spacial score (nSPS) is 11.3. The molecule has 0 aliphatic carbocycles. The van der Waals surface area contributed by atoms with E-state index in [1.54, 1.807) is 36.8 Å². The van der Waals surface area contributed by atoms with Crippen LogP contribution in [0.15, 0.2) is 52.3 Å². The van der Waals surface area contributed by atoms with Gasteiger partial charge in [0, 0.05) is 29.6 Å². The van der Waals surface area contributed by atoms with Crippen LogP contribution in [0.4, 0.5) is 24.5 Å². The molecule has 0 saturated carbocycles. The second kappa shape index (κ2) is 8.45. The first kappa shape index (κ1) is 20.8. The molecule has 0 bridgehead atoms. The van der Waals surface area contributed by atoms with Gasteiger partial charge in [-0.1, -0.05) is 23.7 Å². The molecular formula is C17H17ClF3N3S2. The lowest BCUT2D eigenvalue weighted by atomic mass is 10.3. The number of hydrogen-bond acceptors (Lipinski definition) is 3. The molecule has 0 heterocycles. The van der Waals surface area contributed by atoms with E-state index >= 15 is 0 Å². The van der Waals surface area contributed by atoms with Crippen LogP contribution >= 0.6 is 35.1 Å². The molecule has 0 amide bonds. The molecule has 2 rings (SSSR count). The molecule has 2 aromatic carbocycles. The highest BCUT2D eigenvalue weighted by atomic mass is 35.5. The highest BCUT2D eigenvalue weighted by Gasteiger charge is 2.31. The zero-order valence-corrected chi connectivity index (χ0v) is 16.7. The highest BCUT2D eigenvalue weighted by molar-refractivity contribution is 8.00. The van der Waals surface area contributed by atoms with Crippen molar-refractivity contribution in [1.29, 1.82) is 5.41 Å². The lowest BCUT2D eigenvalue weighted by Gasteiger charge is -2.29. The number of alkyl halides is 3. The summed E-state index contributed by atoms with van der Waals surface area (Å²) in [5.41, 5.74) is -3.30. The molecule has 0 spiro atoms. The second-order valence-corrected chi connectivity index (χ2v) is 7.64. The van der Waals surface area contributed by atoms with E-state index in [1.165, 1.54) is 17.0 Å². The van der Waals surface area contributed by atoms with Crippen LogP contribution in [-0.4, -0.2) is 31.8 Å². The highest BCUT2D eigenvalue weighted by Crippen LogP contribution is 2.43. The van der Waals surface area contributed by atoms with E-state index in [0.29, 0.717) is 5.69 Å². The Morgan fingerprint density at radius 1 is 1.08 bits per heavy atom. The first-order chi connectivity index (χ1) is 12.1. The van der Waals surface area contributed by atoms with E-state index in [2.05, 4.69) is 0 Å². The summed E-state index contributed by atoms with van der Waals surface area (Å²) in [5, 5.41) is 8.37. The number of benzene rings is 2. The molecule has 3 nitrogen and oxygen atoms in total. The van der Waals surface area contributed by atoms with E-state index < -0.39 is 5.51 Å². The smallest absolute Gasteiger partial charge is 0.315 e. The van der Waals surface area contributed by atoms with Crippen LogP contribution in [0.2, 0.25) is 5.02 Å². The maximum Gasteiger partial charge on any atom is 0.446 e. The van der Waals surface area contributed by atoms with Crippen LogP contribution in [0.1, 0.15) is 0 Å². The third kappa shape index (κ3) is 5.02. The van der Waals surface area contributed by atoms with Gasteiger partial charge in [0.15, 0.2) is 0 Å². The maximum absolute atomic E-state index is 12.7. The van der Waals surface area contributed by atoms with E-state index in [9.17, 15) is 13.2 Å². The third-order valence-corrected chi connectivity index (χ3v) is 5.63. The molecule has 0 atom stereocenters. The van der Waals surface area contributed by atoms with Gasteiger partial charge in [-0.05, 0) is 48.3 Å². The lowest BCUT2D eigenvalue weighted by molar-refractivity contribution is -0.0328. The summed E-state index contributed by atoms with van der Waals surface area (Å²) in [5.74, 6) is 0.0827. The van der Waals surface area contributed by atoms with E-state index in [1.807, 2.05) is 30.5 Å². The summed E-state index contributed by atoms with van der Waals surface area (Å²) in [4.78, 5) is 4.04. The van der Waals surface area contributed by atoms with Crippen molar-refractivity contribution in [2.24, 2.45) is 0 Å². The molecule has 0 aromatic heterocycles. The number of guanidine groups is 1. The fourth-order valence-corrected chi connectivity index (χ4v) is 3.65. The molecule has 0 aliphatic rings. The van der Waals surface area contributed by atoms with E-state index in [0.717, 1.165) is 10.6 Å². The Hall–Kier alpha value is -1.51. The van der Waals surface area contributed by atoms with Crippen LogP contribution in [-0.2, 0) is 0 Å². The van der Waals surface area contributed by atoms with Gasteiger partial charge < -0.3 is 9.80 Å². The molecule has 9 heteroatoms. The summed E-state index contributed by atoms with van der Waals surface area (Å²) in [6.07, 6.45) is 1.96. The van der Waals surface area contributed by atoms with Crippen molar-refractivity contribution >= 4 is 52.5 Å². The minimum atomic E-state index is -4.43. The number of hydrogen-bond donors (Lipinski definition) is 1. The van der Waals surface area contributed by atoms with Crippen LogP contribution < -0.4 is 9.80 Å². The Morgan fingerprint density at radius 3 is 2.35 bits per heavy atom. The lowest BCUT2D eigenvalue weighted by Crippen LogP contribution is -2.39. The SMILES string of the molecule is CSc1cccc(N(C)C(=N)N(C)c2cccc(SC(F)(F)F)c2Cl)c1. The van der Waals surface area contributed by atoms with Crippen LogP contribution in [0.25, 0.3) is 0 Å². The number of thioether (sulfide) groups is 2. The number of rotatable bonds is 4. The Labute approximate surface area is 164 Å². The first-order valence-corrected chi connectivity index (χ1v) is 9.80. The molecule has 0 unspecified atom stereocenters. The zero-order valence-electron chi connectivity index (χ0n) is 14.3. The third-order valence-electron chi connectivity index (χ3n) is 3.61. The summed E-state index contributed by atoms with van der Waals surface area (Å²) < 4.78 is 38.0. The average molecular weight is 420 g/mol. The van der Waals surface area contributed by atoms with E-state index in [4.69, 9.17) is 17.0 Å². The van der Waals surface area contributed by atoms with Crippen molar-refractivity contribution < 1.29 is 13.2 Å². The van der Waals surface area contributed by atoms with Crippen molar-refractivity contribution in [3.8, 4) is 0 Å². The van der Waals surface area contributed by atoms with Gasteiger partial charge in [-0.3, -0.25) is 5.41 Å². The minimum absolute atomic E-state index is 0.0339. The van der Waals surface area contributed by atoms with Crippen LogP contribution in [0.3, 0.4) is 0 Å². The topological polar surface area (TPSA) is 30.3 Å². The summed E-state index contributed by atoms with van der Waals surface area (Å²) in [7, 11) is 3.32. The van der Waals surface area contributed by atoms with Crippen molar-refractivity contribution in [3.63, 3.8) is 0 Å². The van der Waals surface area contributed by atoms with Crippen LogP contribution in [0.5, 0.6) is 0 Å². The Balaban J connectivity index is 2.28. The van der Waals surface area contributed by atoms with Gasteiger partial charge in [0.2, 0.25) is 5.96 Å². The molecule has 0 aliphatic heterocycles. The standard InChI is InChI=1S/C17H17ClF3N3S2/c1-23(11-6-4-7-12(10-11)25-3)16(22)24(2)13-8-5-9-14(15(13)18)26-17(19,20)21/h4-10,22H,1-3H3. The summed E-state index contributed by atoms with van der Waals surface area (Å²) in [6.45, 7) is 0. The molecular weight excluding hydrogens is 403 g/mol. The minimum Gasteiger partial charge on any atom is -0.315 e. The molecule has 26 heavy (non-hydrogen) atoms. The molecule has 0 radical (unpaired) electrons. The Morgan fingerprint density at radius 2 is 1.73 bits per heavy atom. The first-order valence-electron chi connectivity index (χ1n) is 7.38. The largest absolute Gasteiger partial charge is 0.446 e. The quantitative estimate of drug-likeness (QED) is 0.364. The number of anilines is 2. The van der Waals surface area contributed by atoms with Crippen LogP contribution in [0, 0.1) is 5.41 Å². The number of nitrogens with zero attached hydrogens (tertiary/aromatic N) is 2. The molecule has 1 N–H and O–H groups in total. The van der Waals surface area contributed by atoms with Gasteiger partial charge in [0.05, 0.1) is 10.7 Å². The molecule has 2 aromatic rings. The predicted octanol–water partition coefficient (Wildman–Crippen LogP) is 6.18. The molecule has 0 saturated heterocycles. The van der Waals surface area contributed by atoms with Gasteiger partial charge in [-0.15, -0.1) is 11.8 Å². The maximum atomic E-state index is 12.7. The molecule has 140 valence electrons. The average Bonchev–Trinajstić information content (AvgIpc) is 2.60. The fourth-order valence-electron chi connectivity index (χ4n) is 2.24. The van der Waals surface area contributed by atoms with Gasteiger partial charge in [0.25, 0.3) is 0 Å². The zero-order chi connectivity index (χ0) is 19.5. The van der Waals surface area contributed by atoms with Gasteiger partial charge in [-0.2, -0.15) is 13.2 Å². The van der Waals surface area contributed by atoms with Crippen molar-refractivity contribution in [3.05, 3.63) is 47.5 Å². The molecule has 0 fully saturated rings. The van der Waals surface area contributed by atoms with Gasteiger partial charge >= 0.3 is 5.51 Å². The van der Waals surface area contributed by atoms with Gasteiger partial charge in [-0.25, -0.2) is 0 Å². The summed E-state index contributed by atoms with van der Waals surface area (Å²) >= 11 is 7.49. The second-order valence-electron chi connectivity index (χ2n) is 5.28. The van der Waals surface area contributed by atoms with Crippen molar-refractivity contribution in [2.75, 3.05) is 30.2 Å². The van der Waals surface area contributed by atoms with Crippen molar-refractivity contribution in [2.45, 2.75) is 15.3 Å². The Kier molecular flexibility index (Phi) is 6.76.